The fourth-order valence-corrected chi connectivity index (χ4v) is 3.23. The first-order valence-electron chi connectivity index (χ1n) is 7.58. The number of carbonyl (C=O) groups is 1. The fraction of sp³-hybridized carbons (Fsp3) is 0.278. The van der Waals surface area contributed by atoms with E-state index >= 15 is 0 Å². The van der Waals surface area contributed by atoms with E-state index in [-0.39, 0.29) is 5.56 Å². The number of hydrogen-bond acceptors (Lipinski definition) is 3. The molecule has 0 N–H and O–H groups in total. The van der Waals surface area contributed by atoms with Crippen LogP contribution in [-0.4, -0.2) is 27.2 Å². The number of aryl methyl sites for hydroxylation is 1. The second-order valence-corrected chi connectivity index (χ2v) is 6.85. The molecule has 0 saturated carbocycles. The number of rotatable bonds is 2. The summed E-state index contributed by atoms with van der Waals surface area (Å²) >= 11 is 6.32. The smallest absolute Gasteiger partial charge is 0.267 e. The molecule has 6 heteroatoms. The SMILES string of the molecule is Cc1cccc(Cl)c1C1=NN(C(=O)c2ccncc2F)C(C)(C)C1. The molecule has 0 fully saturated rings. The third-order valence-corrected chi connectivity index (χ3v) is 4.41. The highest BCUT2D eigenvalue weighted by atomic mass is 35.5. The molecule has 4 nitrogen and oxygen atoms in total. The number of aromatic nitrogens is 1. The van der Waals surface area contributed by atoms with Crippen molar-refractivity contribution < 1.29 is 9.18 Å². The number of hydrazone groups is 1. The van der Waals surface area contributed by atoms with Gasteiger partial charge in [-0.3, -0.25) is 9.78 Å². The maximum absolute atomic E-state index is 13.9. The van der Waals surface area contributed by atoms with Crippen LogP contribution in [-0.2, 0) is 0 Å². The lowest BCUT2D eigenvalue weighted by Gasteiger charge is -2.28. The molecule has 124 valence electrons. The summed E-state index contributed by atoms with van der Waals surface area (Å²) in [6.07, 6.45) is 2.96. The molecule has 1 aromatic carbocycles. The summed E-state index contributed by atoms with van der Waals surface area (Å²) < 4.78 is 13.9. The Balaban J connectivity index is 2.04. The second-order valence-electron chi connectivity index (χ2n) is 6.44. The fourth-order valence-electron chi connectivity index (χ4n) is 2.89. The number of hydrogen-bond donors (Lipinski definition) is 0. The van der Waals surface area contributed by atoms with Crippen molar-refractivity contribution in [1.82, 2.24) is 9.99 Å². The highest BCUT2D eigenvalue weighted by Crippen LogP contribution is 2.34. The van der Waals surface area contributed by atoms with Crippen LogP contribution >= 0.6 is 11.6 Å². The standard InChI is InChI=1S/C18H17ClFN3O/c1-11-5-4-6-13(19)16(11)15-9-18(2,3)23(22-15)17(24)12-7-8-21-10-14(12)20/h4-8,10H,9H2,1-3H3. The molecule has 0 unspecified atom stereocenters. The zero-order valence-electron chi connectivity index (χ0n) is 13.7. The average Bonchev–Trinajstić information content (AvgIpc) is 2.82. The molecule has 1 aliphatic heterocycles. The van der Waals surface area contributed by atoms with Crippen molar-refractivity contribution in [3.05, 3.63) is 64.2 Å². The first kappa shape index (κ1) is 16.6. The van der Waals surface area contributed by atoms with Crippen LogP contribution in [0.5, 0.6) is 0 Å². The minimum atomic E-state index is -0.657. The van der Waals surface area contributed by atoms with E-state index in [2.05, 4.69) is 10.1 Å². The van der Waals surface area contributed by atoms with Gasteiger partial charge in [-0.2, -0.15) is 5.10 Å². The van der Waals surface area contributed by atoms with Crippen LogP contribution in [0.25, 0.3) is 0 Å². The number of benzene rings is 1. The Hall–Kier alpha value is -2.27. The number of pyridine rings is 1. The van der Waals surface area contributed by atoms with Gasteiger partial charge in [0.2, 0.25) is 0 Å². The molecule has 0 radical (unpaired) electrons. The molecule has 0 atom stereocenters. The van der Waals surface area contributed by atoms with Gasteiger partial charge >= 0.3 is 0 Å². The van der Waals surface area contributed by atoms with Gasteiger partial charge in [-0.15, -0.1) is 0 Å². The first-order valence-corrected chi connectivity index (χ1v) is 7.96. The normalized spacial score (nSPS) is 16.2. The Bertz CT molecular complexity index is 828. The van der Waals surface area contributed by atoms with E-state index in [1.54, 1.807) is 6.07 Å². The predicted octanol–water partition coefficient (Wildman–Crippen LogP) is 4.21. The van der Waals surface area contributed by atoms with Gasteiger partial charge in [0.15, 0.2) is 5.82 Å². The maximum Gasteiger partial charge on any atom is 0.277 e. The summed E-state index contributed by atoms with van der Waals surface area (Å²) in [6, 6.07) is 6.98. The van der Waals surface area contributed by atoms with Gasteiger partial charge in [0.05, 0.1) is 23.0 Å². The van der Waals surface area contributed by atoms with Crippen molar-refractivity contribution in [2.75, 3.05) is 0 Å². The predicted molar refractivity (Wildman–Crippen MR) is 91.8 cm³/mol. The summed E-state index contributed by atoms with van der Waals surface area (Å²) in [5.74, 6) is -1.14. The third-order valence-electron chi connectivity index (χ3n) is 4.10. The van der Waals surface area contributed by atoms with Gasteiger partial charge < -0.3 is 0 Å². The average molecular weight is 346 g/mol. The summed E-state index contributed by atoms with van der Waals surface area (Å²) in [5, 5.41) is 6.41. The molecule has 3 rings (SSSR count). The quantitative estimate of drug-likeness (QED) is 0.818. The van der Waals surface area contributed by atoms with E-state index < -0.39 is 17.3 Å². The molecule has 1 amide bonds. The number of halogens is 2. The van der Waals surface area contributed by atoms with Crippen molar-refractivity contribution in [1.29, 1.82) is 0 Å². The molecule has 0 saturated heterocycles. The van der Waals surface area contributed by atoms with Crippen molar-refractivity contribution in [2.24, 2.45) is 5.10 Å². The summed E-state index contributed by atoms with van der Waals surface area (Å²) in [4.78, 5) is 16.4. The topological polar surface area (TPSA) is 45.6 Å². The monoisotopic (exact) mass is 345 g/mol. The molecular weight excluding hydrogens is 329 g/mol. The largest absolute Gasteiger partial charge is 0.277 e. The van der Waals surface area contributed by atoms with Gasteiger partial charge in [-0.1, -0.05) is 23.7 Å². The van der Waals surface area contributed by atoms with Crippen LogP contribution in [0, 0.1) is 12.7 Å². The lowest BCUT2D eigenvalue weighted by atomic mass is 9.93. The zero-order valence-corrected chi connectivity index (χ0v) is 14.4. The highest BCUT2D eigenvalue weighted by Gasteiger charge is 2.40. The number of carbonyl (C=O) groups excluding carboxylic acids is 1. The molecule has 0 bridgehead atoms. The van der Waals surface area contributed by atoms with E-state index in [9.17, 15) is 9.18 Å². The Morgan fingerprint density at radius 1 is 1.33 bits per heavy atom. The Kier molecular flexibility index (Phi) is 4.13. The molecule has 0 spiro atoms. The van der Waals surface area contributed by atoms with Crippen molar-refractivity contribution in [3.8, 4) is 0 Å². The Morgan fingerprint density at radius 3 is 2.75 bits per heavy atom. The van der Waals surface area contributed by atoms with E-state index in [0.29, 0.717) is 11.4 Å². The molecule has 0 aliphatic carbocycles. The van der Waals surface area contributed by atoms with Gasteiger partial charge in [0.25, 0.3) is 5.91 Å². The third kappa shape index (κ3) is 2.80. The van der Waals surface area contributed by atoms with Crippen molar-refractivity contribution in [3.63, 3.8) is 0 Å². The Labute approximate surface area is 145 Å². The van der Waals surface area contributed by atoms with Crippen LogP contribution in [0.15, 0.2) is 41.8 Å². The minimum Gasteiger partial charge on any atom is -0.267 e. The van der Waals surface area contributed by atoms with E-state index in [1.807, 2.05) is 32.9 Å². The van der Waals surface area contributed by atoms with Crippen LogP contribution in [0.1, 0.15) is 41.8 Å². The van der Waals surface area contributed by atoms with Crippen molar-refractivity contribution >= 4 is 23.2 Å². The lowest BCUT2D eigenvalue weighted by Crippen LogP contribution is -2.41. The molecule has 1 aliphatic rings. The van der Waals surface area contributed by atoms with Gasteiger partial charge in [-0.25, -0.2) is 9.40 Å². The number of amides is 1. The molecule has 1 aromatic heterocycles. The first-order chi connectivity index (χ1) is 11.3. The molecule has 2 heterocycles. The van der Waals surface area contributed by atoms with Gasteiger partial charge in [0, 0.05) is 23.2 Å². The minimum absolute atomic E-state index is 0.0426. The van der Waals surface area contributed by atoms with E-state index in [4.69, 9.17) is 11.6 Å². The van der Waals surface area contributed by atoms with Gasteiger partial charge in [0.1, 0.15) is 0 Å². The van der Waals surface area contributed by atoms with E-state index in [0.717, 1.165) is 23.0 Å². The summed E-state index contributed by atoms with van der Waals surface area (Å²) in [5.41, 5.74) is 1.93. The zero-order chi connectivity index (χ0) is 17.5. The second kappa shape index (κ2) is 5.98. The van der Waals surface area contributed by atoms with Crippen LogP contribution < -0.4 is 0 Å². The summed E-state index contributed by atoms with van der Waals surface area (Å²) in [7, 11) is 0. The highest BCUT2D eigenvalue weighted by molar-refractivity contribution is 6.34. The Morgan fingerprint density at radius 2 is 2.08 bits per heavy atom. The molecule has 2 aromatic rings. The van der Waals surface area contributed by atoms with Crippen molar-refractivity contribution in [2.45, 2.75) is 32.7 Å². The molecular formula is C18H17ClFN3O. The molecule has 24 heavy (non-hydrogen) atoms. The summed E-state index contributed by atoms with van der Waals surface area (Å²) in [6.45, 7) is 5.74. The maximum atomic E-state index is 13.9. The lowest BCUT2D eigenvalue weighted by molar-refractivity contribution is 0.0607. The van der Waals surface area contributed by atoms with Crippen LogP contribution in [0.3, 0.4) is 0 Å². The van der Waals surface area contributed by atoms with Crippen LogP contribution in [0.4, 0.5) is 4.39 Å². The number of nitrogens with zero attached hydrogens (tertiary/aromatic N) is 3. The van der Waals surface area contributed by atoms with Gasteiger partial charge in [-0.05, 0) is 38.5 Å². The van der Waals surface area contributed by atoms with E-state index in [1.165, 1.54) is 17.3 Å². The van der Waals surface area contributed by atoms with Crippen LogP contribution in [0.2, 0.25) is 5.02 Å².